The fourth-order valence-corrected chi connectivity index (χ4v) is 6.05. The molecule has 1 fully saturated rings. The molecule has 1 atom stereocenters. The Balaban J connectivity index is 1.31. The van der Waals surface area contributed by atoms with Crippen LogP contribution in [0.5, 0.6) is 0 Å². The van der Waals surface area contributed by atoms with Crippen LogP contribution in [0.4, 0.5) is 21.6 Å². The van der Waals surface area contributed by atoms with Crippen LogP contribution >= 0.6 is 0 Å². The largest absolute Gasteiger partial charge is 0.392 e. The minimum Gasteiger partial charge on any atom is -0.392 e. The molecule has 0 spiro atoms. The number of nitrogens with zero attached hydrogens (tertiary/aromatic N) is 5. The Bertz CT molecular complexity index is 1790. The van der Waals surface area contributed by atoms with Gasteiger partial charge in [0.2, 0.25) is 0 Å². The van der Waals surface area contributed by atoms with Crippen molar-refractivity contribution in [2.45, 2.75) is 58.6 Å². The molecule has 9 nitrogen and oxygen atoms in total. The second kappa shape index (κ2) is 11.6. The molecule has 44 heavy (non-hydrogen) atoms. The number of hydrogen-bond donors (Lipinski definition) is 3. The van der Waals surface area contributed by atoms with E-state index >= 15 is 4.39 Å². The quantitative estimate of drug-likeness (QED) is 0.267. The first-order valence-electron chi connectivity index (χ1n) is 14.9. The van der Waals surface area contributed by atoms with E-state index in [9.17, 15) is 9.90 Å². The molecule has 0 unspecified atom stereocenters. The molecule has 0 saturated carbocycles. The van der Waals surface area contributed by atoms with Crippen LogP contribution in [-0.2, 0) is 18.6 Å². The molecule has 4 aromatic rings. The Morgan fingerprint density at radius 3 is 2.68 bits per heavy atom. The number of aromatic nitrogens is 3. The van der Waals surface area contributed by atoms with Gasteiger partial charge in [-0.15, -0.1) is 0 Å². The molecule has 0 bridgehead atoms. The van der Waals surface area contributed by atoms with E-state index in [0.29, 0.717) is 51.1 Å². The number of benzene rings is 2. The molecule has 0 amide bonds. The molecule has 6 rings (SSSR count). The highest BCUT2D eigenvalue weighted by atomic mass is 19.1. The lowest BCUT2D eigenvalue weighted by atomic mass is 9.85. The number of H-pyrrole nitrogens is 1. The minimum atomic E-state index is -0.376. The van der Waals surface area contributed by atoms with Gasteiger partial charge in [0.1, 0.15) is 17.3 Å². The van der Waals surface area contributed by atoms with E-state index in [2.05, 4.69) is 64.4 Å². The number of nitrogens with one attached hydrogen (secondary N) is 2. The van der Waals surface area contributed by atoms with Crippen LogP contribution in [0.15, 0.2) is 58.6 Å². The molecule has 228 valence electrons. The highest BCUT2D eigenvalue weighted by Gasteiger charge is 2.26. The lowest BCUT2D eigenvalue weighted by Gasteiger charge is -2.28. The van der Waals surface area contributed by atoms with Gasteiger partial charge in [-0.2, -0.15) is 10.2 Å². The van der Waals surface area contributed by atoms with Crippen molar-refractivity contribution in [1.82, 2.24) is 20.1 Å². The molecule has 0 aliphatic carbocycles. The van der Waals surface area contributed by atoms with Gasteiger partial charge in [0.25, 0.3) is 5.56 Å². The molecule has 2 aliphatic rings. The summed E-state index contributed by atoms with van der Waals surface area (Å²) >= 11 is 0. The highest BCUT2D eigenvalue weighted by molar-refractivity contribution is 5.86. The molecular formula is C34H38FN7O2. The van der Waals surface area contributed by atoms with Gasteiger partial charge in [-0.3, -0.25) is 9.80 Å². The van der Waals surface area contributed by atoms with E-state index in [4.69, 9.17) is 0 Å². The lowest BCUT2D eigenvalue weighted by Crippen LogP contribution is -2.25. The SMILES string of the molecule is Cc1c(-c2cccc(N3Cc4c(F)cc(C(C)(C)C)cc4C=N3)c2CO)n[nH]c(=O)c1Nc1ccc([C@@H]2CCN(C)C2)cn1. The fourth-order valence-electron chi connectivity index (χ4n) is 6.05. The van der Waals surface area contributed by atoms with Crippen molar-refractivity contribution >= 4 is 23.4 Å². The van der Waals surface area contributed by atoms with Gasteiger partial charge < -0.3 is 15.3 Å². The van der Waals surface area contributed by atoms with Gasteiger partial charge in [-0.1, -0.05) is 39.0 Å². The Hall–Kier alpha value is -4.41. The van der Waals surface area contributed by atoms with Crippen molar-refractivity contribution in [2.24, 2.45) is 5.10 Å². The van der Waals surface area contributed by atoms with E-state index in [0.717, 1.165) is 30.6 Å². The van der Waals surface area contributed by atoms with Crippen LogP contribution < -0.4 is 15.9 Å². The monoisotopic (exact) mass is 595 g/mol. The smallest absolute Gasteiger partial charge is 0.288 e. The summed E-state index contributed by atoms with van der Waals surface area (Å²) < 4.78 is 15.3. The summed E-state index contributed by atoms with van der Waals surface area (Å²) in [7, 11) is 2.12. The standard InChI is InChI=1S/C34H38FN7O2/c1-20-31(39-40-33(44)32(20)38-30-10-9-21(15-36-30)22-11-12-41(5)17-22)25-7-6-8-29(27(25)19-43)42-18-26-23(16-37-42)13-24(14-28(26)35)34(2,3)4/h6-10,13-16,22,43H,11-12,17-19H2,1-5H3,(H,40,44)(H,36,38,39)/t22-/m1/s1. The molecule has 2 aromatic carbocycles. The number of aliphatic hydroxyl groups excluding tert-OH is 1. The second-order valence-electron chi connectivity index (χ2n) is 12.8. The van der Waals surface area contributed by atoms with Crippen LogP contribution in [0.3, 0.4) is 0 Å². The highest BCUT2D eigenvalue weighted by Crippen LogP contribution is 2.36. The zero-order valence-corrected chi connectivity index (χ0v) is 25.8. The van der Waals surface area contributed by atoms with Crippen molar-refractivity contribution < 1.29 is 9.50 Å². The van der Waals surface area contributed by atoms with Crippen molar-refractivity contribution in [3.05, 3.63) is 98.2 Å². The predicted molar refractivity (Wildman–Crippen MR) is 172 cm³/mol. The summed E-state index contributed by atoms with van der Waals surface area (Å²) in [5.41, 5.74) is 6.09. The zero-order chi connectivity index (χ0) is 31.2. The summed E-state index contributed by atoms with van der Waals surface area (Å²) in [6.45, 7) is 9.95. The van der Waals surface area contributed by atoms with Crippen molar-refractivity contribution in [3.8, 4) is 11.3 Å². The van der Waals surface area contributed by atoms with Crippen LogP contribution in [0.2, 0.25) is 0 Å². The van der Waals surface area contributed by atoms with Crippen molar-refractivity contribution in [3.63, 3.8) is 0 Å². The first-order valence-corrected chi connectivity index (χ1v) is 14.9. The first kappa shape index (κ1) is 29.7. The Morgan fingerprint density at radius 2 is 2.00 bits per heavy atom. The normalized spacial score (nSPS) is 16.8. The maximum Gasteiger partial charge on any atom is 0.288 e. The van der Waals surface area contributed by atoms with E-state index < -0.39 is 0 Å². The zero-order valence-electron chi connectivity index (χ0n) is 25.8. The summed E-state index contributed by atoms with van der Waals surface area (Å²) in [6.07, 6.45) is 4.64. The molecule has 4 heterocycles. The Kier molecular flexibility index (Phi) is 7.81. The molecule has 0 radical (unpaired) electrons. The van der Waals surface area contributed by atoms with Crippen LogP contribution in [0.25, 0.3) is 11.3 Å². The number of halogens is 1. The summed E-state index contributed by atoms with van der Waals surface area (Å²) in [5.74, 6) is 0.731. The fraction of sp³-hybridized carbons (Fsp3) is 0.353. The van der Waals surface area contributed by atoms with Crippen molar-refractivity contribution in [1.29, 1.82) is 0 Å². The van der Waals surface area contributed by atoms with E-state index in [1.54, 1.807) is 17.3 Å². The number of likely N-dealkylation sites (tertiary alicyclic amines) is 1. The van der Waals surface area contributed by atoms with Crippen LogP contribution in [0, 0.1) is 12.7 Å². The number of pyridine rings is 1. The van der Waals surface area contributed by atoms with Gasteiger partial charge in [0, 0.05) is 40.6 Å². The number of hydrazone groups is 1. The first-order chi connectivity index (χ1) is 21.0. The van der Waals surface area contributed by atoms with E-state index in [1.807, 2.05) is 43.5 Å². The van der Waals surface area contributed by atoms with Gasteiger partial charge >= 0.3 is 0 Å². The van der Waals surface area contributed by atoms with E-state index in [-0.39, 0.29) is 29.9 Å². The minimum absolute atomic E-state index is 0.194. The molecule has 1 saturated heterocycles. The average molecular weight is 596 g/mol. The summed E-state index contributed by atoms with van der Waals surface area (Å²) in [6, 6.07) is 13.1. The number of hydrogen-bond acceptors (Lipinski definition) is 8. The maximum absolute atomic E-state index is 15.3. The maximum atomic E-state index is 15.3. The number of aromatic amines is 1. The second-order valence-corrected chi connectivity index (χ2v) is 12.8. The lowest BCUT2D eigenvalue weighted by molar-refractivity contribution is 0.282. The summed E-state index contributed by atoms with van der Waals surface area (Å²) in [5, 5.41) is 27.0. The number of fused-ring (bicyclic) bond motifs is 1. The van der Waals surface area contributed by atoms with Crippen molar-refractivity contribution in [2.75, 3.05) is 30.5 Å². The third-order valence-electron chi connectivity index (χ3n) is 8.71. The molecule has 2 aromatic heterocycles. The molecule has 10 heteroatoms. The average Bonchev–Trinajstić information content (AvgIpc) is 3.44. The third kappa shape index (κ3) is 5.62. The topological polar surface area (TPSA) is 110 Å². The van der Waals surface area contributed by atoms with Gasteiger partial charge in [0.05, 0.1) is 30.7 Å². The third-order valence-corrected chi connectivity index (χ3v) is 8.71. The predicted octanol–water partition coefficient (Wildman–Crippen LogP) is 5.59. The van der Waals surface area contributed by atoms with Gasteiger partial charge in [-0.25, -0.2) is 14.5 Å². The number of rotatable bonds is 6. The van der Waals surface area contributed by atoms with Gasteiger partial charge in [0.15, 0.2) is 0 Å². The van der Waals surface area contributed by atoms with E-state index in [1.165, 1.54) is 5.56 Å². The van der Waals surface area contributed by atoms with Crippen LogP contribution in [-0.4, -0.2) is 51.5 Å². The Labute approximate surface area is 256 Å². The Morgan fingerprint density at radius 1 is 1.18 bits per heavy atom. The van der Waals surface area contributed by atoms with Gasteiger partial charge in [-0.05, 0) is 73.7 Å². The van der Waals surface area contributed by atoms with Crippen LogP contribution in [0.1, 0.15) is 66.5 Å². The summed E-state index contributed by atoms with van der Waals surface area (Å²) in [4.78, 5) is 19.8. The molecule has 2 aliphatic heterocycles. The number of aliphatic hydroxyl groups is 1. The number of likely N-dealkylation sites (N-methyl/N-ethyl adjacent to an activating group) is 1. The number of anilines is 3. The molecular weight excluding hydrogens is 557 g/mol. The molecule has 3 N–H and O–H groups in total.